The van der Waals surface area contributed by atoms with Gasteiger partial charge in [0.2, 0.25) is 0 Å². The van der Waals surface area contributed by atoms with Gasteiger partial charge in [-0.25, -0.2) is 18.2 Å². The maximum atomic E-state index is 14.5. The first-order valence-electron chi connectivity index (χ1n) is 12.9. The van der Waals surface area contributed by atoms with Crippen LogP contribution in [0.5, 0.6) is 0 Å². The summed E-state index contributed by atoms with van der Waals surface area (Å²) in [5.41, 5.74) is 6.85. The molecule has 42 heavy (non-hydrogen) atoms. The van der Waals surface area contributed by atoms with Crippen molar-refractivity contribution in [3.63, 3.8) is 0 Å². The Hall–Kier alpha value is -3.63. The molecule has 1 fully saturated rings. The monoisotopic (exact) mass is 609 g/mol. The number of aliphatic hydroxyl groups is 2. The highest BCUT2D eigenvalue weighted by Crippen LogP contribution is 2.41. The van der Waals surface area contributed by atoms with Crippen molar-refractivity contribution in [1.29, 1.82) is 0 Å². The minimum Gasteiger partial charge on any atom is -0.391 e. The molecular weight excluding hydrogens is 579 g/mol. The van der Waals surface area contributed by atoms with Crippen molar-refractivity contribution < 1.29 is 41.1 Å². The molecule has 4 atom stereocenters. The summed E-state index contributed by atoms with van der Waals surface area (Å²) in [5, 5.41) is 23.4. The van der Waals surface area contributed by atoms with E-state index in [1.54, 1.807) is 0 Å². The summed E-state index contributed by atoms with van der Waals surface area (Å²) in [6, 6.07) is 4.61. The Bertz CT molecular complexity index is 1570. The molecule has 0 saturated carbocycles. The molecule has 15 heteroatoms. The number of hydrogen-bond donors (Lipinski definition) is 5. The van der Waals surface area contributed by atoms with Gasteiger partial charge in [0.25, 0.3) is 16.0 Å². The number of halogens is 3. The fourth-order valence-corrected chi connectivity index (χ4v) is 5.11. The number of benzene rings is 1. The fraction of sp³-hybridized carbons (Fsp3) is 0.370. The first kappa shape index (κ1) is 31.3. The number of aromatic nitrogens is 2. The van der Waals surface area contributed by atoms with E-state index in [9.17, 15) is 36.6 Å². The third-order valence-electron chi connectivity index (χ3n) is 6.97. The van der Waals surface area contributed by atoms with E-state index in [0.717, 1.165) is 35.9 Å². The second kappa shape index (κ2) is 12.3. The summed E-state index contributed by atoms with van der Waals surface area (Å²) in [5.74, 6) is -3.90. The summed E-state index contributed by atoms with van der Waals surface area (Å²) in [6.07, 6.45) is 1.71. The summed E-state index contributed by atoms with van der Waals surface area (Å²) >= 11 is 0. The molecule has 1 aliphatic heterocycles. The second-order valence-electron chi connectivity index (χ2n) is 10.3. The van der Waals surface area contributed by atoms with E-state index in [1.807, 2.05) is 11.8 Å². The standard InChI is InChI=1S/C26H26F3N5O3.CH4O3S/c1-12-10-34(11-17(30)25(12)36)24-13-5-8-20(35)22(13)31-9-19(24)33-26(37)18-7-6-16(29)23(32-18)21-14(27)3-2-4-15(21)28;1-5(2,3)4/h2-4,6-7,9,12,17,20,25,35-36H,5,8,10-11,30H2,1H3,(H,33,37);1H3,(H,2,3,4)/t12-,17+,20+,25+;/m0./s1. The number of carbonyl (C=O) groups excluding carboxylic acids is 1. The van der Waals surface area contributed by atoms with Crippen molar-refractivity contribution in [3.05, 3.63) is 70.9 Å². The first-order valence-corrected chi connectivity index (χ1v) is 14.7. The van der Waals surface area contributed by atoms with E-state index in [2.05, 4.69) is 15.3 Å². The molecule has 1 saturated heterocycles. The molecule has 1 aliphatic carbocycles. The molecule has 226 valence electrons. The van der Waals surface area contributed by atoms with Crippen LogP contribution >= 0.6 is 0 Å². The van der Waals surface area contributed by atoms with Gasteiger partial charge in [-0.3, -0.25) is 14.3 Å². The summed E-state index contributed by atoms with van der Waals surface area (Å²) in [4.78, 5) is 23.4. The number of anilines is 2. The van der Waals surface area contributed by atoms with E-state index in [0.29, 0.717) is 49.3 Å². The molecule has 0 bridgehead atoms. The van der Waals surface area contributed by atoms with Crippen molar-refractivity contribution in [2.45, 2.75) is 38.0 Å². The molecule has 3 aromatic rings. The van der Waals surface area contributed by atoms with Crippen molar-refractivity contribution in [2.75, 3.05) is 29.6 Å². The Morgan fingerprint density at radius 2 is 1.74 bits per heavy atom. The predicted molar refractivity (Wildman–Crippen MR) is 148 cm³/mol. The number of nitrogens with one attached hydrogen (secondary N) is 1. The summed E-state index contributed by atoms with van der Waals surface area (Å²) < 4.78 is 69.0. The average Bonchev–Trinajstić information content (AvgIpc) is 3.27. The minimum atomic E-state index is -3.67. The zero-order valence-corrected chi connectivity index (χ0v) is 23.4. The van der Waals surface area contributed by atoms with Crippen LogP contribution in [0.4, 0.5) is 24.5 Å². The molecule has 3 heterocycles. The van der Waals surface area contributed by atoms with Crippen molar-refractivity contribution >= 4 is 27.4 Å². The Morgan fingerprint density at radius 1 is 1.10 bits per heavy atom. The number of amides is 1. The van der Waals surface area contributed by atoms with Gasteiger partial charge in [0.15, 0.2) is 0 Å². The number of fused-ring (bicyclic) bond motifs is 1. The van der Waals surface area contributed by atoms with Gasteiger partial charge in [0.1, 0.15) is 28.8 Å². The van der Waals surface area contributed by atoms with Gasteiger partial charge in [-0.2, -0.15) is 8.42 Å². The number of nitrogens with zero attached hydrogens (tertiary/aromatic N) is 3. The smallest absolute Gasteiger partial charge is 0.274 e. The fourth-order valence-electron chi connectivity index (χ4n) is 5.11. The average molecular weight is 610 g/mol. The summed E-state index contributed by atoms with van der Waals surface area (Å²) in [6.45, 7) is 2.64. The number of nitrogens with two attached hydrogens (primary N) is 1. The molecule has 2 aromatic heterocycles. The topological polar surface area (TPSA) is 179 Å². The molecular formula is C27H30F3N5O6S. The molecule has 1 aromatic carbocycles. The lowest BCUT2D eigenvalue weighted by atomic mass is 9.92. The van der Waals surface area contributed by atoms with Gasteiger partial charge < -0.3 is 26.2 Å². The molecule has 2 aliphatic rings. The maximum Gasteiger partial charge on any atom is 0.274 e. The van der Waals surface area contributed by atoms with Crippen molar-refractivity contribution in [1.82, 2.24) is 9.97 Å². The number of piperidine rings is 1. The highest BCUT2D eigenvalue weighted by atomic mass is 32.2. The minimum absolute atomic E-state index is 0.153. The highest BCUT2D eigenvalue weighted by Gasteiger charge is 2.36. The number of hydrogen-bond acceptors (Lipinski definition) is 9. The Kier molecular flexibility index (Phi) is 9.18. The van der Waals surface area contributed by atoms with Crippen LogP contribution in [0.25, 0.3) is 11.3 Å². The van der Waals surface area contributed by atoms with E-state index in [-0.39, 0.29) is 11.6 Å². The Balaban J connectivity index is 0.000000748. The lowest BCUT2D eigenvalue weighted by Gasteiger charge is -2.41. The third kappa shape index (κ3) is 6.87. The lowest BCUT2D eigenvalue weighted by Crippen LogP contribution is -2.56. The Labute approximate surface area is 240 Å². The second-order valence-corrected chi connectivity index (χ2v) is 11.8. The normalized spacial score (nSPS) is 21.8. The number of pyridine rings is 2. The van der Waals surface area contributed by atoms with Crippen molar-refractivity contribution in [2.24, 2.45) is 11.7 Å². The van der Waals surface area contributed by atoms with Crippen LogP contribution < -0.4 is 16.0 Å². The van der Waals surface area contributed by atoms with Gasteiger partial charge in [-0.15, -0.1) is 0 Å². The van der Waals surface area contributed by atoms with Crippen LogP contribution in [0.1, 0.15) is 41.2 Å². The third-order valence-corrected chi connectivity index (χ3v) is 6.97. The molecule has 0 unspecified atom stereocenters. The highest BCUT2D eigenvalue weighted by molar-refractivity contribution is 7.85. The van der Waals surface area contributed by atoms with Gasteiger partial charge in [0.05, 0.1) is 47.3 Å². The van der Waals surface area contributed by atoms with Crippen LogP contribution in [-0.4, -0.2) is 70.5 Å². The Morgan fingerprint density at radius 3 is 2.36 bits per heavy atom. The predicted octanol–water partition coefficient (Wildman–Crippen LogP) is 2.44. The van der Waals surface area contributed by atoms with Gasteiger partial charge >= 0.3 is 0 Å². The molecule has 6 N–H and O–H groups in total. The van der Waals surface area contributed by atoms with Crippen LogP contribution in [0.2, 0.25) is 0 Å². The van der Waals surface area contributed by atoms with E-state index < -0.39 is 63.0 Å². The SMILES string of the molecule is CS(=O)(=O)O.C[C@H]1CN(c2c(NC(=O)c3ccc(F)c(-c4c(F)cccc4F)n3)cnc3c2CC[C@H]3O)C[C@@H](N)[C@@H]1O. The number of aliphatic hydroxyl groups excluding tert-OH is 2. The largest absolute Gasteiger partial charge is 0.391 e. The quantitative estimate of drug-likeness (QED) is 0.276. The van der Waals surface area contributed by atoms with Crippen LogP contribution in [0.15, 0.2) is 36.5 Å². The van der Waals surface area contributed by atoms with Crippen LogP contribution in [0, 0.1) is 23.4 Å². The summed E-state index contributed by atoms with van der Waals surface area (Å²) in [7, 11) is -3.67. The van der Waals surface area contributed by atoms with E-state index in [1.165, 1.54) is 6.20 Å². The van der Waals surface area contributed by atoms with Crippen molar-refractivity contribution in [3.8, 4) is 11.3 Å². The van der Waals surface area contributed by atoms with Gasteiger partial charge in [-0.05, 0) is 37.1 Å². The zero-order chi connectivity index (χ0) is 30.9. The first-order chi connectivity index (χ1) is 19.7. The molecule has 0 spiro atoms. The lowest BCUT2D eigenvalue weighted by molar-refractivity contribution is 0.0784. The van der Waals surface area contributed by atoms with Gasteiger partial charge in [-0.1, -0.05) is 13.0 Å². The number of carbonyl (C=O) groups is 1. The molecule has 5 rings (SSSR count). The van der Waals surface area contributed by atoms with E-state index in [4.69, 9.17) is 10.3 Å². The zero-order valence-electron chi connectivity index (χ0n) is 22.6. The molecule has 11 nitrogen and oxygen atoms in total. The maximum absolute atomic E-state index is 14.5. The number of rotatable bonds is 4. The van der Waals surface area contributed by atoms with E-state index >= 15 is 0 Å². The van der Waals surface area contributed by atoms with Crippen LogP contribution in [-0.2, 0) is 16.5 Å². The van der Waals surface area contributed by atoms with Crippen LogP contribution in [0.3, 0.4) is 0 Å². The molecule has 1 amide bonds. The molecule has 0 radical (unpaired) electrons. The van der Waals surface area contributed by atoms with Gasteiger partial charge in [0, 0.05) is 30.6 Å².